The largest absolute Gasteiger partial charge is 0.493 e. The third kappa shape index (κ3) is 8.53. The molecule has 2 aromatic carbocycles. The maximum absolute atomic E-state index is 12.7. The summed E-state index contributed by atoms with van der Waals surface area (Å²) in [5.41, 5.74) is 1.18. The minimum absolute atomic E-state index is 0.108. The number of carbonyl (C=O) groups excluding carboxylic acids is 3. The molecule has 0 radical (unpaired) electrons. The third-order valence-corrected chi connectivity index (χ3v) is 6.04. The summed E-state index contributed by atoms with van der Waals surface area (Å²) in [6.45, 7) is 7.21. The summed E-state index contributed by atoms with van der Waals surface area (Å²) in [7, 11) is 3.08. The number of anilines is 1. The van der Waals surface area contributed by atoms with Gasteiger partial charge in [-0.05, 0) is 49.8 Å². The lowest BCUT2D eigenvalue weighted by atomic mass is 10.1. The smallest absolute Gasteiger partial charge is 0.340 e. The number of methoxy groups -OCH3 is 2. The van der Waals surface area contributed by atoms with Gasteiger partial charge < -0.3 is 24.4 Å². The minimum Gasteiger partial charge on any atom is -0.493 e. The fourth-order valence-electron chi connectivity index (χ4n) is 4.07. The van der Waals surface area contributed by atoms with Crippen molar-refractivity contribution in [3.8, 4) is 11.5 Å². The summed E-state index contributed by atoms with van der Waals surface area (Å²) in [5.74, 6) is -0.240. The van der Waals surface area contributed by atoms with Gasteiger partial charge in [-0.2, -0.15) is 12.6 Å². The Morgan fingerprint density at radius 1 is 1.00 bits per heavy atom. The molecule has 204 valence electrons. The molecule has 1 saturated heterocycles. The molecule has 38 heavy (non-hydrogen) atoms. The van der Waals surface area contributed by atoms with Gasteiger partial charge in [-0.3, -0.25) is 14.5 Å². The van der Waals surface area contributed by atoms with Crippen molar-refractivity contribution < 1.29 is 28.6 Å². The number of nitrogens with one attached hydrogen (secondary N) is 1. The quantitative estimate of drug-likeness (QED) is 0.270. The predicted molar refractivity (Wildman–Crippen MR) is 150 cm³/mol. The Morgan fingerprint density at radius 2 is 1.68 bits per heavy atom. The zero-order valence-electron chi connectivity index (χ0n) is 22.2. The average molecular weight is 542 g/mol. The summed E-state index contributed by atoms with van der Waals surface area (Å²) in [6, 6.07) is 11.8. The van der Waals surface area contributed by atoms with Crippen molar-refractivity contribution in [1.82, 2.24) is 9.80 Å². The maximum Gasteiger partial charge on any atom is 0.340 e. The van der Waals surface area contributed by atoms with Crippen LogP contribution in [0, 0.1) is 0 Å². The zero-order valence-corrected chi connectivity index (χ0v) is 23.1. The van der Waals surface area contributed by atoms with Gasteiger partial charge in [-0.15, -0.1) is 0 Å². The summed E-state index contributed by atoms with van der Waals surface area (Å²) < 4.78 is 15.7. The van der Waals surface area contributed by atoms with Crippen LogP contribution in [0.3, 0.4) is 0 Å². The van der Waals surface area contributed by atoms with Gasteiger partial charge in [0.2, 0.25) is 5.91 Å². The van der Waals surface area contributed by atoms with Crippen LogP contribution in [0.5, 0.6) is 11.5 Å². The summed E-state index contributed by atoms with van der Waals surface area (Å²) in [5, 5.41) is 2.70. The van der Waals surface area contributed by atoms with Crippen molar-refractivity contribution in [2.45, 2.75) is 18.6 Å². The van der Waals surface area contributed by atoms with Gasteiger partial charge in [0.25, 0.3) is 5.91 Å². The number of thiol groups is 1. The number of para-hydroxylation sites is 1. The van der Waals surface area contributed by atoms with Gasteiger partial charge in [0.05, 0.1) is 25.5 Å². The molecule has 0 atom stereocenters. The number of nitrogens with zero attached hydrogens (tertiary/aromatic N) is 2. The van der Waals surface area contributed by atoms with E-state index in [4.69, 9.17) is 14.2 Å². The first-order valence-electron chi connectivity index (χ1n) is 12.3. The van der Waals surface area contributed by atoms with Gasteiger partial charge in [0.1, 0.15) is 0 Å². The van der Waals surface area contributed by atoms with E-state index in [1.165, 1.54) is 13.2 Å². The van der Waals surface area contributed by atoms with Crippen LogP contribution in [0.4, 0.5) is 5.69 Å². The highest BCUT2D eigenvalue weighted by Crippen LogP contribution is 2.28. The van der Waals surface area contributed by atoms with Gasteiger partial charge >= 0.3 is 5.97 Å². The topological polar surface area (TPSA) is 97.4 Å². The number of rotatable bonds is 10. The fourth-order valence-corrected chi connectivity index (χ4v) is 4.27. The molecule has 2 aromatic rings. The molecule has 1 aliphatic heterocycles. The van der Waals surface area contributed by atoms with Crippen LogP contribution in [0.25, 0.3) is 6.08 Å². The first-order chi connectivity index (χ1) is 18.1. The minimum atomic E-state index is -0.687. The van der Waals surface area contributed by atoms with E-state index >= 15 is 0 Å². The fraction of sp³-hybridized carbons (Fsp3) is 0.393. The Balaban J connectivity index is 1.54. The standard InChI is InChI=1S/C28H35N3O6S/c1-28(2,38)19-30-13-15-31(16-14-30)26(33)18-37-27(34)21-7-5-6-8-22(21)29-25(32)12-10-20-9-11-23(35-3)24(17-20)36-4/h5-12,17,38H,13-16,18-19H2,1-4H3,(H,29,32). The number of esters is 1. The first-order valence-corrected chi connectivity index (χ1v) is 12.7. The van der Waals surface area contributed by atoms with Gasteiger partial charge in [-0.1, -0.05) is 18.2 Å². The molecular weight excluding hydrogens is 506 g/mol. The Morgan fingerprint density at radius 3 is 2.34 bits per heavy atom. The van der Waals surface area contributed by atoms with E-state index in [0.717, 1.165) is 25.2 Å². The van der Waals surface area contributed by atoms with E-state index in [-0.39, 0.29) is 28.5 Å². The number of carbonyl (C=O) groups is 3. The Kier molecular flexibility index (Phi) is 10.2. The lowest BCUT2D eigenvalue weighted by molar-refractivity contribution is -0.136. The molecule has 1 fully saturated rings. The highest BCUT2D eigenvalue weighted by atomic mass is 32.1. The van der Waals surface area contributed by atoms with E-state index in [1.807, 2.05) is 0 Å². The molecule has 1 N–H and O–H groups in total. The second-order valence-electron chi connectivity index (χ2n) is 9.53. The second kappa shape index (κ2) is 13.3. The van der Waals surface area contributed by atoms with Gasteiger partial charge in [0.15, 0.2) is 18.1 Å². The number of benzene rings is 2. The van der Waals surface area contributed by atoms with E-state index in [2.05, 4.69) is 36.7 Å². The van der Waals surface area contributed by atoms with Crippen LogP contribution < -0.4 is 14.8 Å². The van der Waals surface area contributed by atoms with Crippen LogP contribution in [-0.2, 0) is 14.3 Å². The van der Waals surface area contributed by atoms with Crippen LogP contribution in [0.15, 0.2) is 48.5 Å². The number of ether oxygens (including phenoxy) is 3. The molecule has 2 amide bonds. The highest BCUT2D eigenvalue weighted by molar-refractivity contribution is 7.81. The summed E-state index contributed by atoms with van der Waals surface area (Å²) >= 11 is 4.57. The van der Waals surface area contributed by atoms with E-state index in [9.17, 15) is 14.4 Å². The molecule has 1 heterocycles. The van der Waals surface area contributed by atoms with Crippen LogP contribution in [0.1, 0.15) is 29.8 Å². The second-order valence-corrected chi connectivity index (χ2v) is 10.7. The van der Waals surface area contributed by atoms with Crippen molar-refractivity contribution in [3.05, 3.63) is 59.7 Å². The van der Waals surface area contributed by atoms with Crippen molar-refractivity contribution in [1.29, 1.82) is 0 Å². The molecule has 0 aromatic heterocycles. The first kappa shape index (κ1) is 29.1. The lowest BCUT2D eigenvalue weighted by Crippen LogP contribution is -2.52. The predicted octanol–water partition coefficient (Wildman–Crippen LogP) is 3.37. The van der Waals surface area contributed by atoms with Crippen molar-refractivity contribution in [3.63, 3.8) is 0 Å². The van der Waals surface area contributed by atoms with E-state index < -0.39 is 11.9 Å². The van der Waals surface area contributed by atoms with Crippen LogP contribution >= 0.6 is 12.6 Å². The monoisotopic (exact) mass is 541 g/mol. The maximum atomic E-state index is 12.7. The number of amides is 2. The van der Waals surface area contributed by atoms with E-state index in [1.54, 1.807) is 60.6 Å². The Bertz CT molecular complexity index is 1170. The normalized spacial score (nSPS) is 14.3. The molecular formula is C28H35N3O6S. The Labute approximate surface area is 229 Å². The van der Waals surface area contributed by atoms with Crippen molar-refractivity contribution >= 4 is 42.2 Å². The Hall–Kier alpha value is -3.50. The molecule has 0 unspecified atom stereocenters. The molecule has 0 aliphatic carbocycles. The zero-order chi connectivity index (χ0) is 27.7. The highest BCUT2D eigenvalue weighted by Gasteiger charge is 2.25. The lowest BCUT2D eigenvalue weighted by Gasteiger charge is -2.37. The van der Waals surface area contributed by atoms with Gasteiger partial charge in [0, 0.05) is 43.5 Å². The number of hydrogen-bond donors (Lipinski definition) is 2. The third-order valence-electron chi connectivity index (χ3n) is 5.90. The van der Waals surface area contributed by atoms with E-state index in [0.29, 0.717) is 24.6 Å². The van der Waals surface area contributed by atoms with Crippen LogP contribution in [-0.4, -0.2) is 85.9 Å². The summed E-state index contributed by atoms with van der Waals surface area (Å²) in [6.07, 6.45) is 2.97. The van der Waals surface area contributed by atoms with Crippen molar-refractivity contribution in [2.75, 3.05) is 58.9 Å². The van der Waals surface area contributed by atoms with Crippen LogP contribution in [0.2, 0.25) is 0 Å². The molecule has 0 saturated carbocycles. The molecule has 1 aliphatic rings. The molecule has 10 heteroatoms. The SMILES string of the molecule is COc1ccc(C=CC(=O)Nc2ccccc2C(=O)OCC(=O)N2CCN(CC(C)(C)S)CC2)cc1OC. The summed E-state index contributed by atoms with van der Waals surface area (Å²) in [4.78, 5) is 41.9. The molecule has 0 bridgehead atoms. The average Bonchev–Trinajstić information content (AvgIpc) is 2.90. The molecule has 3 rings (SSSR count). The van der Waals surface area contributed by atoms with Crippen molar-refractivity contribution in [2.24, 2.45) is 0 Å². The number of hydrogen-bond acceptors (Lipinski definition) is 8. The molecule has 9 nitrogen and oxygen atoms in total. The number of piperazine rings is 1. The molecule has 0 spiro atoms. The van der Waals surface area contributed by atoms with Gasteiger partial charge in [-0.25, -0.2) is 4.79 Å².